The number of aromatic nitrogens is 4. The fraction of sp³-hybridized carbons (Fsp3) is 0.368. The molecule has 1 atom stereocenters. The van der Waals surface area contributed by atoms with E-state index in [9.17, 15) is 8.78 Å². The number of nitrogens with one attached hydrogen (secondary N) is 1. The fourth-order valence-corrected chi connectivity index (χ4v) is 3.99. The summed E-state index contributed by atoms with van der Waals surface area (Å²) in [5.41, 5.74) is 4.32. The van der Waals surface area contributed by atoms with Crippen molar-refractivity contribution in [3.05, 3.63) is 63.7 Å². The van der Waals surface area contributed by atoms with Crippen LogP contribution < -0.4 is 5.32 Å². The van der Waals surface area contributed by atoms with E-state index >= 15 is 0 Å². The van der Waals surface area contributed by atoms with Crippen molar-refractivity contribution in [1.82, 2.24) is 24.9 Å². The third kappa shape index (κ3) is 3.37. The molecule has 0 fully saturated rings. The molecule has 1 unspecified atom stereocenters. The van der Waals surface area contributed by atoms with E-state index < -0.39 is 11.6 Å². The Labute approximate surface area is 160 Å². The molecule has 1 N–H and O–H groups in total. The van der Waals surface area contributed by atoms with Crippen molar-refractivity contribution in [1.29, 1.82) is 0 Å². The molecule has 0 bridgehead atoms. The third-order valence-corrected chi connectivity index (χ3v) is 5.54. The van der Waals surface area contributed by atoms with Crippen LogP contribution >= 0.6 is 11.6 Å². The Kier molecular flexibility index (Phi) is 4.74. The van der Waals surface area contributed by atoms with Crippen LogP contribution in [-0.4, -0.2) is 19.6 Å². The summed E-state index contributed by atoms with van der Waals surface area (Å²) in [6.07, 6.45) is 4.53. The lowest BCUT2D eigenvalue weighted by molar-refractivity contribution is 0.454. The first-order chi connectivity index (χ1) is 12.9. The number of aryl methyl sites for hydroxylation is 2. The van der Waals surface area contributed by atoms with Crippen molar-refractivity contribution in [2.24, 2.45) is 7.05 Å². The highest BCUT2D eigenvalue weighted by atomic mass is 35.5. The van der Waals surface area contributed by atoms with Gasteiger partial charge in [-0.05, 0) is 38.3 Å². The van der Waals surface area contributed by atoms with Gasteiger partial charge in [0.2, 0.25) is 0 Å². The second-order valence-electron chi connectivity index (χ2n) is 6.89. The zero-order chi connectivity index (χ0) is 19.1. The number of halogens is 3. The largest absolute Gasteiger partial charge is 0.306 e. The minimum Gasteiger partial charge on any atom is -0.306 e. The minimum atomic E-state index is -0.610. The van der Waals surface area contributed by atoms with Crippen molar-refractivity contribution in [2.45, 2.75) is 38.8 Å². The van der Waals surface area contributed by atoms with Gasteiger partial charge in [0.1, 0.15) is 16.8 Å². The summed E-state index contributed by atoms with van der Waals surface area (Å²) in [7, 11) is 1.82. The van der Waals surface area contributed by atoms with Crippen LogP contribution in [0.1, 0.15) is 41.4 Å². The fourth-order valence-electron chi connectivity index (χ4n) is 3.75. The minimum absolute atomic E-state index is 0.108. The van der Waals surface area contributed by atoms with E-state index in [1.807, 2.05) is 14.0 Å². The van der Waals surface area contributed by atoms with Gasteiger partial charge < -0.3 is 5.32 Å². The maximum atomic E-state index is 13.6. The predicted octanol–water partition coefficient (Wildman–Crippen LogP) is 4.01. The van der Waals surface area contributed by atoms with Gasteiger partial charge in [0.05, 0.1) is 17.6 Å². The number of rotatable bonds is 4. The van der Waals surface area contributed by atoms with Gasteiger partial charge in [-0.15, -0.1) is 0 Å². The molecule has 2 heterocycles. The van der Waals surface area contributed by atoms with E-state index in [2.05, 4.69) is 15.5 Å². The van der Waals surface area contributed by atoms with E-state index in [0.717, 1.165) is 47.8 Å². The second-order valence-corrected chi connectivity index (χ2v) is 7.25. The lowest BCUT2D eigenvalue weighted by Crippen LogP contribution is -2.25. The van der Waals surface area contributed by atoms with Crippen LogP contribution in [0, 0.1) is 18.6 Å². The Morgan fingerprint density at radius 2 is 2.00 bits per heavy atom. The Balaban J connectivity index is 1.60. The standard InChI is InChI=1S/C19H20ClF2N5/c1-11-15(19(20)26(2)25-11)9-23-17-4-3-5-18-16(17)10-24-27(18)14-7-12(21)6-13(22)8-14/h6-8,10,17,23H,3-5,9H2,1-2H3. The molecule has 0 amide bonds. The Hall–Kier alpha value is -2.25. The molecule has 0 aliphatic heterocycles. The highest BCUT2D eigenvalue weighted by Crippen LogP contribution is 2.32. The first kappa shape index (κ1) is 18.1. The van der Waals surface area contributed by atoms with E-state index in [-0.39, 0.29) is 6.04 Å². The number of hydrogen-bond acceptors (Lipinski definition) is 3. The molecular formula is C19H20ClF2N5. The highest BCUT2D eigenvalue weighted by Gasteiger charge is 2.25. The van der Waals surface area contributed by atoms with Crippen LogP contribution in [0.5, 0.6) is 0 Å². The maximum Gasteiger partial charge on any atom is 0.131 e. The van der Waals surface area contributed by atoms with E-state index in [1.54, 1.807) is 15.6 Å². The number of fused-ring (bicyclic) bond motifs is 1. The van der Waals surface area contributed by atoms with Gasteiger partial charge in [0.15, 0.2) is 0 Å². The monoisotopic (exact) mass is 391 g/mol. The van der Waals surface area contributed by atoms with Crippen LogP contribution in [-0.2, 0) is 20.0 Å². The van der Waals surface area contributed by atoms with Gasteiger partial charge in [-0.1, -0.05) is 11.6 Å². The SMILES string of the molecule is Cc1nn(C)c(Cl)c1CNC1CCCc2c1cnn2-c1cc(F)cc(F)c1. The Bertz CT molecular complexity index is 974. The van der Waals surface area contributed by atoms with E-state index in [1.165, 1.54) is 12.1 Å². The van der Waals surface area contributed by atoms with Crippen LogP contribution in [0.25, 0.3) is 5.69 Å². The molecule has 2 aromatic heterocycles. The third-order valence-electron chi connectivity index (χ3n) is 5.07. The van der Waals surface area contributed by atoms with Crippen LogP contribution in [0.3, 0.4) is 0 Å². The smallest absolute Gasteiger partial charge is 0.131 e. The molecule has 4 rings (SSSR count). The lowest BCUT2D eigenvalue weighted by atomic mass is 9.92. The van der Waals surface area contributed by atoms with Crippen LogP contribution in [0.4, 0.5) is 8.78 Å². The molecule has 8 heteroatoms. The molecule has 27 heavy (non-hydrogen) atoms. The predicted molar refractivity (Wildman–Crippen MR) is 99.0 cm³/mol. The van der Waals surface area contributed by atoms with E-state index in [4.69, 9.17) is 11.6 Å². The molecule has 142 valence electrons. The molecule has 0 radical (unpaired) electrons. The molecule has 3 aromatic rings. The summed E-state index contributed by atoms with van der Waals surface area (Å²) in [6, 6.07) is 3.57. The average molecular weight is 392 g/mol. The number of hydrogen-bond donors (Lipinski definition) is 1. The summed E-state index contributed by atoms with van der Waals surface area (Å²) in [5, 5.41) is 12.9. The van der Waals surface area contributed by atoms with Crippen LogP contribution in [0.15, 0.2) is 24.4 Å². The van der Waals surface area contributed by atoms with E-state index in [0.29, 0.717) is 17.4 Å². The van der Waals surface area contributed by atoms with Gasteiger partial charge in [0, 0.05) is 42.5 Å². The normalized spacial score (nSPS) is 16.6. The van der Waals surface area contributed by atoms with Gasteiger partial charge in [-0.3, -0.25) is 4.68 Å². The first-order valence-corrected chi connectivity index (χ1v) is 9.26. The van der Waals surface area contributed by atoms with Crippen LogP contribution in [0.2, 0.25) is 5.15 Å². The zero-order valence-corrected chi connectivity index (χ0v) is 15.9. The number of benzene rings is 1. The molecule has 0 saturated heterocycles. The summed E-state index contributed by atoms with van der Waals surface area (Å²) in [5.74, 6) is -1.22. The molecule has 0 spiro atoms. The van der Waals surface area contributed by atoms with Crippen molar-refractivity contribution in [3.8, 4) is 5.69 Å². The molecule has 1 aromatic carbocycles. The Morgan fingerprint density at radius 3 is 2.67 bits per heavy atom. The summed E-state index contributed by atoms with van der Waals surface area (Å²) in [4.78, 5) is 0. The van der Waals surface area contributed by atoms with Gasteiger partial charge in [0.25, 0.3) is 0 Å². The molecular weight excluding hydrogens is 372 g/mol. The molecule has 1 aliphatic carbocycles. The number of nitrogens with zero attached hydrogens (tertiary/aromatic N) is 4. The van der Waals surface area contributed by atoms with Crippen molar-refractivity contribution >= 4 is 11.6 Å². The highest BCUT2D eigenvalue weighted by molar-refractivity contribution is 6.30. The van der Waals surface area contributed by atoms with Gasteiger partial charge in [-0.2, -0.15) is 10.2 Å². The van der Waals surface area contributed by atoms with Gasteiger partial charge >= 0.3 is 0 Å². The summed E-state index contributed by atoms with van der Waals surface area (Å²) >= 11 is 6.32. The average Bonchev–Trinajstić information content (AvgIpc) is 3.14. The topological polar surface area (TPSA) is 47.7 Å². The van der Waals surface area contributed by atoms with Gasteiger partial charge in [-0.25, -0.2) is 13.5 Å². The second kappa shape index (κ2) is 7.05. The summed E-state index contributed by atoms with van der Waals surface area (Å²) < 4.78 is 30.5. The lowest BCUT2D eigenvalue weighted by Gasteiger charge is -2.24. The van der Waals surface area contributed by atoms with Crippen molar-refractivity contribution < 1.29 is 8.78 Å². The molecule has 1 aliphatic rings. The summed E-state index contributed by atoms with van der Waals surface area (Å²) in [6.45, 7) is 2.54. The maximum absolute atomic E-state index is 13.6. The first-order valence-electron chi connectivity index (χ1n) is 8.88. The zero-order valence-electron chi connectivity index (χ0n) is 15.1. The Morgan fingerprint density at radius 1 is 1.26 bits per heavy atom. The van der Waals surface area contributed by atoms with Crippen molar-refractivity contribution in [3.63, 3.8) is 0 Å². The molecule has 5 nitrogen and oxygen atoms in total. The molecule has 0 saturated carbocycles. The quantitative estimate of drug-likeness (QED) is 0.731. The van der Waals surface area contributed by atoms with Crippen molar-refractivity contribution in [2.75, 3.05) is 0 Å².